The van der Waals surface area contributed by atoms with E-state index in [-0.39, 0.29) is 18.6 Å². The summed E-state index contributed by atoms with van der Waals surface area (Å²) in [5.41, 5.74) is 0.730. The molecule has 0 atom stereocenters. The van der Waals surface area contributed by atoms with Gasteiger partial charge in [0.15, 0.2) is 0 Å². The van der Waals surface area contributed by atoms with Crippen LogP contribution in [0.15, 0.2) is 24.3 Å². The van der Waals surface area contributed by atoms with Gasteiger partial charge >= 0.3 is 11.9 Å². The highest BCUT2D eigenvalue weighted by Crippen LogP contribution is 2.11. The fraction of sp³-hybridized carbons (Fsp3) is 0.333. The second-order valence-corrected chi connectivity index (χ2v) is 3.36. The highest BCUT2D eigenvalue weighted by molar-refractivity contribution is 5.92. The molecule has 17 heavy (non-hydrogen) atoms. The van der Waals surface area contributed by atoms with Crippen LogP contribution in [0.3, 0.4) is 0 Å². The van der Waals surface area contributed by atoms with Gasteiger partial charge in [0.05, 0.1) is 18.6 Å². The van der Waals surface area contributed by atoms with E-state index in [4.69, 9.17) is 14.6 Å². The van der Waals surface area contributed by atoms with Crippen molar-refractivity contribution in [3.63, 3.8) is 0 Å². The predicted octanol–water partition coefficient (Wildman–Crippen LogP) is 1.12. The first-order chi connectivity index (χ1) is 8.15. The Hall–Kier alpha value is -1.88. The Morgan fingerprint density at radius 3 is 2.59 bits per heavy atom. The fourth-order valence-corrected chi connectivity index (χ4v) is 1.33. The second kappa shape index (κ2) is 6.65. The molecule has 0 unspecified atom stereocenters. The average Bonchev–Trinajstić information content (AvgIpc) is 2.29. The molecule has 5 heteroatoms. The lowest BCUT2D eigenvalue weighted by molar-refractivity contribution is -0.136. The normalized spacial score (nSPS) is 9.94. The number of carbonyl (C=O) groups is 2. The molecule has 0 radical (unpaired) electrons. The van der Waals surface area contributed by atoms with E-state index >= 15 is 0 Å². The smallest absolute Gasteiger partial charge is 0.338 e. The van der Waals surface area contributed by atoms with Gasteiger partial charge in [-0.2, -0.15) is 0 Å². The van der Waals surface area contributed by atoms with Gasteiger partial charge < -0.3 is 14.6 Å². The van der Waals surface area contributed by atoms with Gasteiger partial charge in [-0.3, -0.25) is 4.79 Å². The van der Waals surface area contributed by atoms with Crippen molar-refractivity contribution in [3.05, 3.63) is 35.4 Å². The monoisotopic (exact) mass is 238 g/mol. The fourth-order valence-electron chi connectivity index (χ4n) is 1.33. The number of benzene rings is 1. The van der Waals surface area contributed by atoms with Gasteiger partial charge in [0.2, 0.25) is 0 Å². The van der Waals surface area contributed by atoms with Crippen LogP contribution in [0.2, 0.25) is 0 Å². The van der Waals surface area contributed by atoms with E-state index in [0.29, 0.717) is 12.2 Å². The van der Waals surface area contributed by atoms with Crippen LogP contribution < -0.4 is 0 Å². The van der Waals surface area contributed by atoms with E-state index in [1.165, 1.54) is 7.11 Å². The van der Waals surface area contributed by atoms with Gasteiger partial charge in [-0.15, -0.1) is 0 Å². The predicted molar refractivity (Wildman–Crippen MR) is 59.9 cm³/mol. The Balaban J connectivity index is 2.74. The second-order valence-electron chi connectivity index (χ2n) is 3.36. The minimum absolute atomic E-state index is 0.150. The molecule has 92 valence electrons. The minimum Gasteiger partial charge on any atom is -0.481 e. The maximum absolute atomic E-state index is 11.7. The van der Waals surface area contributed by atoms with Gasteiger partial charge in [-0.05, 0) is 11.6 Å². The summed E-state index contributed by atoms with van der Waals surface area (Å²) in [7, 11) is 1.51. The first-order valence-corrected chi connectivity index (χ1v) is 5.11. The molecular formula is C12H14O5. The lowest BCUT2D eigenvalue weighted by atomic mass is 10.1. The quantitative estimate of drug-likeness (QED) is 0.593. The standard InChI is InChI=1S/C12H14O5/c1-16-6-7-17-12(15)10-5-3-2-4-9(10)8-11(13)14/h2-5H,6-8H2,1H3,(H,13,14). The summed E-state index contributed by atoms with van der Waals surface area (Å²) in [6.07, 6.45) is -0.199. The van der Waals surface area contributed by atoms with Crippen molar-refractivity contribution in [1.82, 2.24) is 0 Å². The first-order valence-electron chi connectivity index (χ1n) is 5.11. The molecule has 0 bridgehead atoms. The molecule has 1 rings (SSSR count). The average molecular weight is 238 g/mol. The van der Waals surface area contributed by atoms with Crippen molar-refractivity contribution in [2.45, 2.75) is 6.42 Å². The van der Waals surface area contributed by atoms with Gasteiger partial charge in [0.25, 0.3) is 0 Å². The van der Waals surface area contributed by atoms with Crippen LogP contribution in [-0.4, -0.2) is 37.4 Å². The number of rotatable bonds is 6. The summed E-state index contributed by atoms with van der Waals surface area (Å²) in [5.74, 6) is -1.51. The number of ether oxygens (including phenoxy) is 2. The zero-order valence-corrected chi connectivity index (χ0v) is 9.51. The Labute approximate surface area is 99.0 Å². The molecule has 0 saturated heterocycles. The molecule has 0 spiro atoms. The van der Waals surface area contributed by atoms with Crippen molar-refractivity contribution in [1.29, 1.82) is 0 Å². The van der Waals surface area contributed by atoms with Crippen LogP contribution in [0.4, 0.5) is 0 Å². The third-order valence-corrected chi connectivity index (χ3v) is 2.10. The topological polar surface area (TPSA) is 72.8 Å². The number of hydrogen-bond acceptors (Lipinski definition) is 4. The van der Waals surface area contributed by atoms with Crippen molar-refractivity contribution in [2.24, 2.45) is 0 Å². The van der Waals surface area contributed by atoms with Crippen LogP contribution in [0.25, 0.3) is 0 Å². The molecule has 0 aromatic heterocycles. The maximum Gasteiger partial charge on any atom is 0.338 e. The summed E-state index contributed by atoms with van der Waals surface area (Å²) >= 11 is 0. The summed E-state index contributed by atoms with van der Waals surface area (Å²) in [6.45, 7) is 0.462. The maximum atomic E-state index is 11.7. The molecule has 0 amide bonds. The molecule has 0 heterocycles. The van der Waals surface area contributed by atoms with Gasteiger partial charge in [-0.1, -0.05) is 18.2 Å². The number of carboxylic acids is 1. The summed E-state index contributed by atoms with van der Waals surface area (Å²) in [5, 5.41) is 8.72. The number of carboxylic acid groups (broad SMARTS) is 1. The van der Waals surface area contributed by atoms with Crippen LogP contribution >= 0.6 is 0 Å². The van der Waals surface area contributed by atoms with Crippen LogP contribution in [0, 0.1) is 0 Å². The van der Waals surface area contributed by atoms with Gasteiger partial charge in [0, 0.05) is 7.11 Å². The van der Waals surface area contributed by atoms with E-state index in [2.05, 4.69) is 0 Å². The summed E-state index contributed by atoms with van der Waals surface area (Å²) in [6, 6.07) is 6.50. The molecular weight excluding hydrogens is 224 g/mol. The summed E-state index contributed by atoms with van der Waals surface area (Å²) in [4.78, 5) is 22.3. The Morgan fingerprint density at radius 2 is 1.94 bits per heavy atom. The van der Waals surface area contributed by atoms with Crippen LogP contribution in [0.5, 0.6) is 0 Å². The molecule has 1 aromatic rings. The first kappa shape index (κ1) is 13.2. The number of aliphatic carboxylic acids is 1. The minimum atomic E-state index is -0.984. The highest BCUT2D eigenvalue weighted by Gasteiger charge is 2.13. The van der Waals surface area contributed by atoms with Crippen molar-refractivity contribution in [3.8, 4) is 0 Å². The third kappa shape index (κ3) is 4.24. The Morgan fingerprint density at radius 1 is 1.24 bits per heavy atom. The molecule has 0 aliphatic carbocycles. The van der Waals surface area contributed by atoms with Crippen molar-refractivity contribution >= 4 is 11.9 Å². The molecule has 0 fully saturated rings. The highest BCUT2D eigenvalue weighted by atomic mass is 16.6. The van der Waals surface area contributed by atoms with E-state index in [1.807, 2.05) is 0 Å². The van der Waals surface area contributed by atoms with Gasteiger partial charge in [0.1, 0.15) is 6.61 Å². The third-order valence-electron chi connectivity index (χ3n) is 2.10. The van der Waals surface area contributed by atoms with Crippen LogP contribution in [0.1, 0.15) is 15.9 Å². The lowest BCUT2D eigenvalue weighted by Gasteiger charge is -2.07. The van der Waals surface area contributed by atoms with Gasteiger partial charge in [-0.25, -0.2) is 4.79 Å². The molecule has 0 aliphatic rings. The van der Waals surface area contributed by atoms with Crippen molar-refractivity contribution in [2.75, 3.05) is 20.3 Å². The molecule has 0 aliphatic heterocycles. The SMILES string of the molecule is COCCOC(=O)c1ccccc1CC(=O)O. The van der Waals surface area contributed by atoms with E-state index in [1.54, 1.807) is 24.3 Å². The van der Waals surface area contributed by atoms with Crippen LogP contribution in [-0.2, 0) is 20.7 Å². The molecule has 1 aromatic carbocycles. The summed E-state index contributed by atoms with van der Waals surface area (Å²) < 4.78 is 9.69. The number of hydrogen-bond donors (Lipinski definition) is 1. The number of methoxy groups -OCH3 is 1. The zero-order chi connectivity index (χ0) is 12.7. The Kier molecular flexibility index (Phi) is 5.16. The van der Waals surface area contributed by atoms with E-state index < -0.39 is 11.9 Å². The Bertz CT molecular complexity index is 400. The van der Waals surface area contributed by atoms with Crippen molar-refractivity contribution < 1.29 is 24.2 Å². The van der Waals surface area contributed by atoms with E-state index in [0.717, 1.165) is 0 Å². The number of esters is 1. The van der Waals surface area contributed by atoms with E-state index in [9.17, 15) is 9.59 Å². The largest absolute Gasteiger partial charge is 0.481 e. The lowest BCUT2D eigenvalue weighted by Crippen LogP contribution is -2.13. The zero-order valence-electron chi connectivity index (χ0n) is 9.51. The molecule has 0 saturated carbocycles. The molecule has 5 nitrogen and oxygen atoms in total. The molecule has 1 N–H and O–H groups in total. The number of carbonyl (C=O) groups excluding carboxylic acids is 1.